The summed E-state index contributed by atoms with van der Waals surface area (Å²) in [6.07, 6.45) is 1.45. The number of nitrogens with zero attached hydrogens (tertiary/aromatic N) is 1. The number of hydrogen-bond donors (Lipinski definition) is 1. The molecule has 1 aromatic carbocycles. The van der Waals surface area contributed by atoms with Crippen molar-refractivity contribution in [1.82, 2.24) is 5.43 Å². The normalized spacial score (nSPS) is 11.3. The topological polar surface area (TPSA) is 103 Å². The van der Waals surface area contributed by atoms with Crippen LogP contribution in [0.25, 0.3) is 0 Å². The predicted octanol–water partition coefficient (Wildman–Crippen LogP) is 1.77. The second-order valence-electron chi connectivity index (χ2n) is 3.91. The van der Waals surface area contributed by atoms with Crippen LogP contribution in [-0.2, 0) is 14.9 Å². The van der Waals surface area contributed by atoms with Crippen molar-refractivity contribution in [1.29, 1.82) is 0 Å². The summed E-state index contributed by atoms with van der Waals surface area (Å²) >= 11 is 6.00. The first-order valence-corrected chi connectivity index (χ1v) is 8.19. The van der Waals surface area contributed by atoms with Crippen molar-refractivity contribution in [3.05, 3.63) is 22.7 Å². The number of benzene rings is 1. The molecule has 0 bridgehead atoms. The first-order chi connectivity index (χ1) is 10.3. The minimum absolute atomic E-state index is 0.0240. The summed E-state index contributed by atoms with van der Waals surface area (Å²) in [5.74, 6) is 0.0315. The molecule has 0 aliphatic rings. The number of methoxy groups -OCH3 is 1. The van der Waals surface area contributed by atoms with Crippen LogP contribution in [0, 0.1) is 0 Å². The fourth-order valence-corrected chi connectivity index (χ4v) is 2.14. The summed E-state index contributed by atoms with van der Waals surface area (Å²) in [6, 6.07) is 2.88. The second kappa shape index (κ2) is 7.85. The quantitative estimate of drug-likeness (QED) is 0.476. The molecule has 0 atom stereocenters. The standard InChI is InChI=1S/C12H15ClN2O6S/c1-4-20-10-6-8(7-14-15-12(16)19-2)5-9(13)11(10)21-22(3,17)18/h5-7H,4H2,1-3H3,(H,15,16)/b14-7-. The van der Waals surface area contributed by atoms with Gasteiger partial charge < -0.3 is 13.7 Å². The van der Waals surface area contributed by atoms with Crippen LogP contribution < -0.4 is 14.3 Å². The van der Waals surface area contributed by atoms with E-state index in [0.717, 1.165) is 6.26 Å². The number of carbonyl (C=O) groups excluding carboxylic acids is 1. The van der Waals surface area contributed by atoms with E-state index < -0.39 is 16.2 Å². The highest BCUT2D eigenvalue weighted by atomic mass is 35.5. The average molecular weight is 351 g/mol. The molecular formula is C12H15ClN2O6S. The average Bonchev–Trinajstić information content (AvgIpc) is 2.41. The predicted molar refractivity (Wildman–Crippen MR) is 81.2 cm³/mol. The first-order valence-electron chi connectivity index (χ1n) is 5.99. The third-order valence-corrected chi connectivity index (χ3v) is 2.87. The second-order valence-corrected chi connectivity index (χ2v) is 5.89. The molecule has 10 heteroatoms. The molecule has 22 heavy (non-hydrogen) atoms. The van der Waals surface area contributed by atoms with Gasteiger partial charge in [0.2, 0.25) is 5.75 Å². The van der Waals surface area contributed by atoms with E-state index in [2.05, 4.69) is 15.3 Å². The van der Waals surface area contributed by atoms with Gasteiger partial charge in [-0.3, -0.25) is 0 Å². The van der Waals surface area contributed by atoms with Crippen LogP contribution in [0.3, 0.4) is 0 Å². The zero-order valence-corrected chi connectivity index (χ0v) is 13.7. The molecule has 1 N–H and O–H groups in total. The van der Waals surface area contributed by atoms with Crippen LogP contribution in [0.5, 0.6) is 11.5 Å². The van der Waals surface area contributed by atoms with Crippen LogP contribution >= 0.6 is 11.6 Å². The largest absolute Gasteiger partial charge is 0.490 e. The van der Waals surface area contributed by atoms with Crippen molar-refractivity contribution in [3.63, 3.8) is 0 Å². The summed E-state index contributed by atoms with van der Waals surface area (Å²) in [5.41, 5.74) is 2.57. The summed E-state index contributed by atoms with van der Waals surface area (Å²) in [4.78, 5) is 10.9. The lowest BCUT2D eigenvalue weighted by molar-refractivity contribution is 0.171. The Hall–Kier alpha value is -2.00. The first kappa shape index (κ1) is 18.1. The van der Waals surface area contributed by atoms with Crippen LogP contribution in [0.1, 0.15) is 12.5 Å². The molecule has 0 fully saturated rings. The van der Waals surface area contributed by atoms with Gasteiger partial charge >= 0.3 is 16.2 Å². The molecule has 0 heterocycles. The maximum Gasteiger partial charge on any atom is 0.427 e. The van der Waals surface area contributed by atoms with Crippen molar-refractivity contribution in [2.24, 2.45) is 5.10 Å². The fraction of sp³-hybridized carbons (Fsp3) is 0.333. The molecule has 0 unspecified atom stereocenters. The van der Waals surface area contributed by atoms with E-state index in [9.17, 15) is 13.2 Å². The Kier molecular flexibility index (Phi) is 6.44. The van der Waals surface area contributed by atoms with Gasteiger partial charge in [-0.25, -0.2) is 10.2 Å². The van der Waals surface area contributed by atoms with Crippen molar-refractivity contribution in [3.8, 4) is 11.5 Å². The van der Waals surface area contributed by atoms with Crippen LogP contribution in [0.2, 0.25) is 5.02 Å². The monoisotopic (exact) mass is 350 g/mol. The smallest absolute Gasteiger partial charge is 0.427 e. The minimum atomic E-state index is -3.76. The number of rotatable bonds is 6. The van der Waals surface area contributed by atoms with Gasteiger partial charge in [0.1, 0.15) is 0 Å². The van der Waals surface area contributed by atoms with Crippen molar-refractivity contribution in [2.75, 3.05) is 20.0 Å². The highest BCUT2D eigenvalue weighted by Gasteiger charge is 2.16. The van der Waals surface area contributed by atoms with Gasteiger partial charge in [-0.2, -0.15) is 13.5 Å². The van der Waals surface area contributed by atoms with E-state index in [1.54, 1.807) is 6.92 Å². The number of halogens is 1. The molecule has 0 aromatic heterocycles. The Balaban J connectivity index is 3.11. The Bertz CT molecular complexity index is 674. The molecule has 0 saturated carbocycles. The molecule has 1 rings (SSSR count). The van der Waals surface area contributed by atoms with Gasteiger partial charge in [0.15, 0.2) is 5.75 Å². The lowest BCUT2D eigenvalue weighted by Crippen LogP contribution is -2.16. The van der Waals surface area contributed by atoms with Crippen molar-refractivity contribution >= 4 is 34.0 Å². The highest BCUT2D eigenvalue weighted by molar-refractivity contribution is 7.86. The third kappa shape index (κ3) is 5.78. The summed E-state index contributed by atoms with van der Waals surface area (Å²) < 4.78 is 37.0. The molecule has 0 aliphatic carbocycles. The maximum absolute atomic E-state index is 11.3. The molecule has 0 radical (unpaired) electrons. The Morgan fingerprint density at radius 1 is 1.45 bits per heavy atom. The Morgan fingerprint density at radius 2 is 2.14 bits per heavy atom. The molecular weight excluding hydrogens is 336 g/mol. The van der Waals surface area contributed by atoms with Crippen LogP contribution in [0.15, 0.2) is 17.2 Å². The number of hydrazone groups is 1. The van der Waals surface area contributed by atoms with E-state index in [-0.39, 0.29) is 23.1 Å². The molecule has 1 amide bonds. The lowest BCUT2D eigenvalue weighted by atomic mass is 10.2. The highest BCUT2D eigenvalue weighted by Crippen LogP contribution is 2.37. The number of carbonyl (C=O) groups is 1. The van der Waals surface area contributed by atoms with E-state index >= 15 is 0 Å². The summed E-state index contributed by atoms with van der Waals surface area (Å²) in [6.45, 7) is 2.00. The number of nitrogens with one attached hydrogen (secondary N) is 1. The molecule has 8 nitrogen and oxygen atoms in total. The summed E-state index contributed by atoms with van der Waals surface area (Å²) in [7, 11) is -2.56. The SMILES string of the molecule is CCOc1cc(/C=N\NC(=O)OC)cc(Cl)c1OS(C)(=O)=O. The summed E-state index contributed by atoms with van der Waals surface area (Å²) in [5, 5.41) is 3.66. The maximum atomic E-state index is 11.3. The van der Waals surface area contributed by atoms with Gasteiger partial charge in [-0.15, -0.1) is 0 Å². The Labute approximate surface area is 133 Å². The third-order valence-electron chi connectivity index (χ3n) is 2.12. The zero-order chi connectivity index (χ0) is 16.8. The molecule has 122 valence electrons. The number of hydrogen-bond acceptors (Lipinski definition) is 7. The fourth-order valence-electron chi connectivity index (χ4n) is 1.36. The van der Waals surface area contributed by atoms with Crippen molar-refractivity contribution in [2.45, 2.75) is 6.92 Å². The van der Waals surface area contributed by atoms with Gasteiger partial charge in [0.25, 0.3) is 0 Å². The van der Waals surface area contributed by atoms with Gasteiger partial charge in [0, 0.05) is 0 Å². The number of amides is 1. The van der Waals surface area contributed by atoms with Gasteiger partial charge in [0.05, 0.1) is 31.2 Å². The lowest BCUT2D eigenvalue weighted by Gasteiger charge is -2.12. The van der Waals surface area contributed by atoms with E-state index in [1.165, 1.54) is 25.5 Å². The zero-order valence-electron chi connectivity index (χ0n) is 12.1. The molecule has 0 spiro atoms. The Morgan fingerprint density at radius 3 is 2.68 bits per heavy atom. The molecule has 0 aliphatic heterocycles. The van der Waals surface area contributed by atoms with Crippen molar-refractivity contribution < 1.29 is 26.9 Å². The van der Waals surface area contributed by atoms with E-state index in [4.69, 9.17) is 20.5 Å². The van der Waals surface area contributed by atoms with Crippen LogP contribution in [0.4, 0.5) is 4.79 Å². The molecule has 1 aromatic rings. The van der Waals surface area contributed by atoms with Gasteiger partial charge in [-0.1, -0.05) is 11.6 Å². The van der Waals surface area contributed by atoms with E-state index in [0.29, 0.717) is 5.56 Å². The van der Waals surface area contributed by atoms with Gasteiger partial charge in [-0.05, 0) is 24.6 Å². The minimum Gasteiger partial charge on any atom is -0.490 e. The van der Waals surface area contributed by atoms with E-state index in [1.807, 2.05) is 0 Å². The number of ether oxygens (including phenoxy) is 2. The molecule has 0 saturated heterocycles. The van der Waals surface area contributed by atoms with Crippen LogP contribution in [-0.4, -0.2) is 40.7 Å².